The molecule has 1 aromatic heterocycles. The molecular formula is C19H20ClFN4O4. The van der Waals surface area contributed by atoms with Gasteiger partial charge in [0.05, 0.1) is 33.9 Å². The number of halogens is 2. The topological polar surface area (TPSA) is 110 Å². The molecule has 1 aliphatic heterocycles. The van der Waals surface area contributed by atoms with Crippen molar-refractivity contribution in [1.29, 1.82) is 0 Å². The normalized spacial score (nSPS) is 20.6. The lowest BCUT2D eigenvalue weighted by Gasteiger charge is -2.22. The molecule has 8 nitrogen and oxygen atoms in total. The summed E-state index contributed by atoms with van der Waals surface area (Å²) in [6.07, 6.45) is 2.98. The second kappa shape index (κ2) is 7.31. The Kier molecular flexibility index (Phi) is 4.95. The Balaban J connectivity index is 1.93. The smallest absolute Gasteiger partial charge is 0.341 e. The zero-order valence-electron chi connectivity index (χ0n) is 15.7. The minimum atomic E-state index is -1.35. The average Bonchev–Trinajstić information content (AvgIpc) is 3.44. The van der Waals surface area contributed by atoms with E-state index >= 15 is 4.39 Å². The molecule has 0 amide bonds. The number of fused-ring (bicyclic) bond motifs is 1. The molecule has 10 heteroatoms. The van der Waals surface area contributed by atoms with Crippen LogP contribution >= 0.6 is 11.6 Å². The van der Waals surface area contributed by atoms with Gasteiger partial charge in [-0.15, -0.1) is 0 Å². The minimum Gasteiger partial charge on any atom is -0.477 e. The van der Waals surface area contributed by atoms with Crippen molar-refractivity contribution in [1.82, 2.24) is 4.57 Å². The van der Waals surface area contributed by atoms with Gasteiger partial charge in [-0.1, -0.05) is 16.8 Å². The van der Waals surface area contributed by atoms with Gasteiger partial charge >= 0.3 is 5.97 Å². The number of anilines is 1. The van der Waals surface area contributed by atoms with E-state index in [9.17, 15) is 14.7 Å². The molecule has 1 atom stereocenters. The highest BCUT2D eigenvalue weighted by Crippen LogP contribution is 2.42. The van der Waals surface area contributed by atoms with Crippen LogP contribution in [0.4, 0.5) is 10.1 Å². The molecule has 1 unspecified atom stereocenters. The van der Waals surface area contributed by atoms with Gasteiger partial charge in [-0.3, -0.25) is 4.79 Å². The Labute approximate surface area is 170 Å². The van der Waals surface area contributed by atoms with Gasteiger partial charge in [0, 0.05) is 31.2 Å². The average molecular weight is 423 g/mol. The lowest BCUT2D eigenvalue weighted by Crippen LogP contribution is -2.25. The molecule has 154 valence electrons. The molecule has 1 saturated carbocycles. The fourth-order valence-electron chi connectivity index (χ4n) is 3.88. The summed E-state index contributed by atoms with van der Waals surface area (Å²) in [7, 11) is 1.43. The molecule has 1 aliphatic carbocycles. The van der Waals surface area contributed by atoms with E-state index in [1.54, 1.807) is 9.47 Å². The van der Waals surface area contributed by atoms with E-state index in [1.807, 2.05) is 0 Å². The molecule has 0 radical (unpaired) electrons. The third-order valence-electron chi connectivity index (χ3n) is 5.43. The maximum Gasteiger partial charge on any atom is 0.341 e. The molecule has 29 heavy (non-hydrogen) atoms. The van der Waals surface area contributed by atoms with Gasteiger partial charge in [0.15, 0.2) is 0 Å². The summed E-state index contributed by atoms with van der Waals surface area (Å²) < 4.78 is 16.8. The number of carbonyl (C=O) groups is 1. The van der Waals surface area contributed by atoms with Crippen LogP contribution in [0, 0.1) is 11.7 Å². The van der Waals surface area contributed by atoms with Crippen molar-refractivity contribution in [3.05, 3.63) is 38.9 Å². The molecule has 1 saturated heterocycles. The number of aromatic nitrogens is 1. The lowest BCUT2D eigenvalue weighted by atomic mass is 10.1. The lowest BCUT2D eigenvalue weighted by molar-refractivity contribution is 0.0695. The Bertz CT molecular complexity index is 1100. The van der Waals surface area contributed by atoms with Gasteiger partial charge in [0.1, 0.15) is 18.5 Å². The third-order valence-corrected chi connectivity index (χ3v) is 5.79. The predicted molar refractivity (Wildman–Crippen MR) is 108 cm³/mol. The Morgan fingerprint density at radius 2 is 2.21 bits per heavy atom. The Hall–Kier alpha value is -2.65. The first kappa shape index (κ1) is 19.7. The number of aromatic carboxylic acids is 1. The largest absolute Gasteiger partial charge is 0.477 e. The van der Waals surface area contributed by atoms with Crippen molar-refractivity contribution in [2.45, 2.75) is 18.9 Å². The van der Waals surface area contributed by atoms with Crippen LogP contribution in [0.5, 0.6) is 0 Å². The Morgan fingerprint density at radius 1 is 1.48 bits per heavy atom. The van der Waals surface area contributed by atoms with Crippen LogP contribution in [0.15, 0.2) is 22.2 Å². The number of benzene rings is 1. The van der Waals surface area contributed by atoms with Crippen molar-refractivity contribution >= 4 is 39.9 Å². The first-order valence-corrected chi connectivity index (χ1v) is 9.60. The fraction of sp³-hybridized carbons (Fsp3) is 0.421. The summed E-state index contributed by atoms with van der Waals surface area (Å²) in [6, 6.07) is 1.11. The maximum atomic E-state index is 15.1. The van der Waals surface area contributed by atoms with E-state index in [0.717, 1.165) is 18.9 Å². The van der Waals surface area contributed by atoms with E-state index in [0.29, 0.717) is 30.9 Å². The Morgan fingerprint density at radius 3 is 2.79 bits per heavy atom. The first-order chi connectivity index (χ1) is 13.9. The molecule has 1 aromatic carbocycles. The van der Waals surface area contributed by atoms with Crippen LogP contribution in [-0.2, 0) is 4.84 Å². The van der Waals surface area contributed by atoms with Crippen LogP contribution in [0.25, 0.3) is 10.9 Å². The van der Waals surface area contributed by atoms with Gasteiger partial charge in [-0.05, 0) is 18.9 Å². The van der Waals surface area contributed by atoms with Crippen molar-refractivity contribution < 1.29 is 19.1 Å². The minimum absolute atomic E-state index is 0.0352. The second-order valence-electron chi connectivity index (χ2n) is 7.31. The highest BCUT2D eigenvalue weighted by atomic mass is 35.5. The third kappa shape index (κ3) is 3.24. The van der Waals surface area contributed by atoms with Crippen LogP contribution in [0.3, 0.4) is 0 Å². The van der Waals surface area contributed by atoms with E-state index in [2.05, 4.69) is 5.16 Å². The van der Waals surface area contributed by atoms with Crippen molar-refractivity contribution in [3.63, 3.8) is 0 Å². The highest BCUT2D eigenvalue weighted by molar-refractivity contribution is 6.38. The molecule has 0 bridgehead atoms. The number of nitrogens with two attached hydrogens (primary N) is 1. The van der Waals surface area contributed by atoms with E-state index in [1.165, 1.54) is 13.3 Å². The van der Waals surface area contributed by atoms with Crippen molar-refractivity contribution in [2.75, 3.05) is 31.6 Å². The van der Waals surface area contributed by atoms with Crippen LogP contribution < -0.4 is 16.1 Å². The number of carboxylic acids is 1. The number of pyridine rings is 1. The SMILES string of the molecule is CO/N=C1\CN(c2c(F)cc3c(=O)c(C(=O)O)cn(C4CC4)c3c2Cl)CC1CN. The van der Waals surface area contributed by atoms with Crippen LogP contribution in [0.1, 0.15) is 29.2 Å². The quantitative estimate of drug-likeness (QED) is 0.715. The van der Waals surface area contributed by atoms with E-state index in [4.69, 9.17) is 22.2 Å². The fourth-order valence-corrected chi connectivity index (χ4v) is 4.29. The van der Waals surface area contributed by atoms with E-state index in [-0.39, 0.29) is 28.1 Å². The predicted octanol–water partition coefficient (Wildman–Crippen LogP) is 2.22. The summed E-state index contributed by atoms with van der Waals surface area (Å²) >= 11 is 6.63. The summed E-state index contributed by atoms with van der Waals surface area (Å²) in [5, 5.41) is 13.4. The monoisotopic (exact) mass is 422 g/mol. The summed E-state index contributed by atoms with van der Waals surface area (Å²) in [5.41, 5.74) is 5.84. The number of carboxylic acid groups (broad SMARTS) is 1. The van der Waals surface area contributed by atoms with Crippen LogP contribution in [0.2, 0.25) is 5.02 Å². The van der Waals surface area contributed by atoms with Gasteiger partial charge in [-0.2, -0.15) is 0 Å². The highest BCUT2D eigenvalue weighted by Gasteiger charge is 2.34. The number of hydrogen-bond donors (Lipinski definition) is 2. The summed E-state index contributed by atoms with van der Waals surface area (Å²) in [5.74, 6) is -2.15. The number of hydrogen-bond acceptors (Lipinski definition) is 6. The molecule has 4 rings (SSSR count). The second-order valence-corrected chi connectivity index (χ2v) is 7.69. The van der Waals surface area contributed by atoms with Crippen molar-refractivity contribution in [2.24, 2.45) is 16.8 Å². The standard InChI is InChI=1S/C19H20ClFN4O4/c1-29-23-14-8-24(6-9(14)5-22)17-13(21)4-11-16(15(17)20)25(10-2-3-10)7-12(18(11)26)19(27)28/h4,7,9-10H,2-3,5-6,8,22H2,1H3,(H,27,28)/b23-14+. The summed E-state index contributed by atoms with van der Waals surface area (Å²) in [4.78, 5) is 30.7. The molecule has 2 heterocycles. The maximum absolute atomic E-state index is 15.1. The molecule has 3 N–H and O–H groups in total. The van der Waals surface area contributed by atoms with Gasteiger partial charge in [0.25, 0.3) is 0 Å². The number of oxime groups is 1. The molecular weight excluding hydrogens is 403 g/mol. The summed E-state index contributed by atoms with van der Waals surface area (Å²) in [6.45, 7) is 1.01. The zero-order valence-corrected chi connectivity index (χ0v) is 16.4. The van der Waals surface area contributed by atoms with Gasteiger partial charge in [0.2, 0.25) is 5.43 Å². The molecule has 0 spiro atoms. The van der Waals surface area contributed by atoms with E-state index < -0.39 is 22.8 Å². The van der Waals surface area contributed by atoms with Gasteiger partial charge in [-0.25, -0.2) is 9.18 Å². The zero-order chi connectivity index (χ0) is 20.9. The van der Waals surface area contributed by atoms with Gasteiger partial charge < -0.3 is 25.1 Å². The molecule has 2 aromatic rings. The number of nitrogens with zero attached hydrogens (tertiary/aromatic N) is 3. The number of rotatable bonds is 5. The first-order valence-electron chi connectivity index (χ1n) is 9.22. The van der Waals surface area contributed by atoms with Crippen LogP contribution in [-0.4, -0.2) is 48.1 Å². The molecule has 2 fully saturated rings. The van der Waals surface area contributed by atoms with Crippen molar-refractivity contribution in [3.8, 4) is 0 Å². The molecule has 2 aliphatic rings.